The summed E-state index contributed by atoms with van der Waals surface area (Å²) in [5.74, 6) is 0.671. The monoisotopic (exact) mass is 303 g/mol. The molecule has 0 aliphatic rings. The van der Waals surface area contributed by atoms with Crippen LogP contribution in [0.5, 0.6) is 11.5 Å². The summed E-state index contributed by atoms with van der Waals surface area (Å²) in [6.45, 7) is 1.73. The molecular formula is C17H18FNO3. The number of benzene rings is 2. The lowest BCUT2D eigenvalue weighted by molar-refractivity contribution is -0.123. The first-order chi connectivity index (χ1) is 10.6. The SMILES string of the molecule is COc1cccc(OCC(=O)N[C@@H](C)c2ccc(F)cc2)c1. The number of hydrogen-bond donors (Lipinski definition) is 1. The van der Waals surface area contributed by atoms with Gasteiger partial charge in [0.05, 0.1) is 13.2 Å². The van der Waals surface area contributed by atoms with Crippen LogP contribution in [0.2, 0.25) is 0 Å². The average Bonchev–Trinajstić information content (AvgIpc) is 2.53. The van der Waals surface area contributed by atoms with E-state index >= 15 is 0 Å². The summed E-state index contributed by atoms with van der Waals surface area (Å²) >= 11 is 0. The summed E-state index contributed by atoms with van der Waals surface area (Å²) in [6, 6.07) is 12.8. The van der Waals surface area contributed by atoms with Gasteiger partial charge in [0.15, 0.2) is 6.61 Å². The molecule has 2 aromatic rings. The Bertz CT molecular complexity index is 628. The Morgan fingerprint density at radius 1 is 1.18 bits per heavy atom. The lowest BCUT2D eigenvalue weighted by atomic mass is 10.1. The highest BCUT2D eigenvalue weighted by atomic mass is 19.1. The van der Waals surface area contributed by atoms with Crippen molar-refractivity contribution in [2.24, 2.45) is 0 Å². The Labute approximate surface area is 128 Å². The lowest BCUT2D eigenvalue weighted by Crippen LogP contribution is -2.31. The molecule has 0 aliphatic heterocycles. The predicted molar refractivity (Wildman–Crippen MR) is 81.4 cm³/mol. The van der Waals surface area contributed by atoms with Gasteiger partial charge in [0.25, 0.3) is 5.91 Å². The third-order valence-electron chi connectivity index (χ3n) is 3.16. The summed E-state index contributed by atoms with van der Waals surface area (Å²) in [6.07, 6.45) is 0. The van der Waals surface area contributed by atoms with Crippen LogP contribution < -0.4 is 14.8 Å². The first-order valence-corrected chi connectivity index (χ1v) is 6.90. The molecule has 0 saturated carbocycles. The van der Waals surface area contributed by atoms with E-state index in [0.717, 1.165) is 5.56 Å². The maximum atomic E-state index is 12.9. The van der Waals surface area contributed by atoms with Gasteiger partial charge in [-0.3, -0.25) is 4.79 Å². The summed E-state index contributed by atoms with van der Waals surface area (Å²) in [4.78, 5) is 11.9. The Morgan fingerprint density at radius 2 is 1.86 bits per heavy atom. The van der Waals surface area contributed by atoms with E-state index in [1.54, 1.807) is 43.5 Å². The van der Waals surface area contributed by atoms with Gasteiger partial charge < -0.3 is 14.8 Å². The average molecular weight is 303 g/mol. The zero-order valence-electron chi connectivity index (χ0n) is 12.5. The lowest BCUT2D eigenvalue weighted by Gasteiger charge is -2.15. The molecule has 5 heteroatoms. The maximum absolute atomic E-state index is 12.9. The molecule has 0 heterocycles. The van der Waals surface area contributed by atoms with Crippen LogP contribution in [0.15, 0.2) is 48.5 Å². The number of nitrogens with one attached hydrogen (secondary N) is 1. The molecule has 2 aromatic carbocycles. The molecule has 2 rings (SSSR count). The number of hydrogen-bond acceptors (Lipinski definition) is 3. The van der Waals surface area contributed by atoms with Crippen molar-refractivity contribution in [2.75, 3.05) is 13.7 Å². The normalized spacial score (nSPS) is 11.6. The van der Waals surface area contributed by atoms with Gasteiger partial charge in [-0.2, -0.15) is 0 Å². The van der Waals surface area contributed by atoms with Gasteiger partial charge in [0, 0.05) is 6.07 Å². The topological polar surface area (TPSA) is 47.6 Å². The third-order valence-corrected chi connectivity index (χ3v) is 3.16. The van der Waals surface area contributed by atoms with E-state index in [4.69, 9.17) is 9.47 Å². The zero-order valence-corrected chi connectivity index (χ0v) is 12.5. The second kappa shape index (κ2) is 7.45. The molecule has 0 unspecified atom stereocenters. The van der Waals surface area contributed by atoms with Gasteiger partial charge in [-0.1, -0.05) is 18.2 Å². The first kappa shape index (κ1) is 15.8. The number of methoxy groups -OCH3 is 1. The number of halogens is 1. The van der Waals surface area contributed by atoms with Gasteiger partial charge in [-0.15, -0.1) is 0 Å². The Morgan fingerprint density at radius 3 is 2.55 bits per heavy atom. The minimum atomic E-state index is -0.302. The molecule has 0 fully saturated rings. The van der Waals surface area contributed by atoms with Gasteiger partial charge >= 0.3 is 0 Å². The second-order valence-electron chi connectivity index (χ2n) is 4.81. The Hall–Kier alpha value is -2.56. The molecule has 1 N–H and O–H groups in total. The quantitative estimate of drug-likeness (QED) is 0.892. The number of amides is 1. The number of ether oxygens (including phenoxy) is 2. The standard InChI is InChI=1S/C17H18FNO3/c1-12(13-6-8-14(18)9-7-13)19-17(20)11-22-16-5-3-4-15(10-16)21-2/h3-10,12H,11H2,1-2H3,(H,19,20)/t12-/m0/s1. The third kappa shape index (κ3) is 4.48. The van der Waals surface area contributed by atoms with Gasteiger partial charge in [-0.05, 0) is 36.8 Å². The van der Waals surface area contributed by atoms with Crippen molar-refractivity contribution in [1.82, 2.24) is 5.32 Å². The van der Waals surface area contributed by atoms with E-state index < -0.39 is 0 Å². The summed E-state index contributed by atoms with van der Waals surface area (Å²) in [7, 11) is 1.57. The van der Waals surface area contributed by atoms with Crippen molar-refractivity contribution in [3.8, 4) is 11.5 Å². The number of carbonyl (C=O) groups excluding carboxylic acids is 1. The molecule has 4 nitrogen and oxygen atoms in total. The Balaban J connectivity index is 1.85. The highest BCUT2D eigenvalue weighted by molar-refractivity contribution is 5.78. The van der Waals surface area contributed by atoms with Gasteiger partial charge in [0.1, 0.15) is 17.3 Å². The number of rotatable bonds is 6. The highest BCUT2D eigenvalue weighted by Crippen LogP contribution is 2.19. The predicted octanol–water partition coefficient (Wildman–Crippen LogP) is 3.09. The molecule has 116 valence electrons. The van der Waals surface area contributed by atoms with Crippen LogP contribution in [0, 0.1) is 5.82 Å². The van der Waals surface area contributed by atoms with Crippen molar-refractivity contribution in [3.05, 3.63) is 59.9 Å². The molecule has 0 aromatic heterocycles. The summed E-state index contributed by atoms with van der Waals surface area (Å²) in [5, 5.41) is 2.80. The fourth-order valence-corrected chi connectivity index (χ4v) is 1.96. The van der Waals surface area contributed by atoms with Crippen molar-refractivity contribution in [1.29, 1.82) is 0 Å². The van der Waals surface area contributed by atoms with Crippen molar-refractivity contribution >= 4 is 5.91 Å². The van der Waals surface area contributed by atoms with Crippen LogP contribution in [0.4, 0.5) is 4.39 Å². The van der Waals surface area contributed by atoms with Crippen LogP contribution in [0.25, 0.3) is 0 Å². The van der Waals surface area contributed by atoms with Crippen LogP contribution in [0.3, 0.4) is 0 Å². The first-order valence-electron chi connectivity index (χ1n) is 6.90. The van der Waals surface area contributed by atoms with Crippen LogP contribution in [-0.4, -0.2) is 19.6 Å². The largest absolute Gasteiger partial charge is 0.497 e. The van der Waals surface area contributed by atoms with Crippen LogP contribution in [0.1, 0.15) is 18.5 Å². The summed E-state index contributed by atoms with van der Waals surface area (Å²) in [5.41, 5.74) is 0.830. The van der Waals surface area contributed by atoms with E-state index in [1.807, 2.05) is 6.92 Å². The van der Waals surface area contributed by atoms with E-state index in [-0.39, 0.29) is 24.4 Å². The Kier molecular flexibility index (Phi) is 5.36. The van der Waals surface area contributed by atoms with E-state index in [1.165, 1.54) is 12.1 Å². The van der Waals surface area contributed by atoms with Gasteiger partial charge in [0.2, 0.25) is 0 Å². The fraction of sp³-hybridized carbons (Fsp3) is 0.235. The van der Waals surface area contributed by atoms with Crippen LogP contribution in [-0.2, 0) is 4.79 Å². The molecular weight excluding hydrogens is 285 g/mol. The molecule has 0 saturated heterocycles. The van der Waals surface area contributed by atoms with Gasteiger partial charge in [-0.25, -0.2) is 4.39 Å². The molecule has 1 atom stereocenters. The van der Waals surface area contributed by atoms with E-state index in [9.17, 15) is 9.18 Å². The molecule has 0 bridgehead atoms. The minimum Gasteiger partial charge on any atom is -0.497 e. The van der Waals surface area contributed by atoms with Crippen LogP contribution >= 0.6 is 0 Å². The van der Waals surface area contributed by atoms with Crippen molar-refractivity contribution < 1.29 is 18.7 Å². The molecule has 0 radical (unpaired) electrons. The summed E-state index contributed by atoms with van der Waals surface area (Å²) < 4.78 is 23.4. The zero-order chi connectivity index (χ0) is 15.9. The van der Waals surface area contributed by atoms with Crippen molar-refractivity contribution in [3.63, 3.8) is 0 Å². The fourth-order valence-electron chi connectivity index (χ4n) is 1.96. The second-order valence-corrected chi connectivity index (χ2v) is 4.81. The smallest absolute Gasteiger partial charge is 0.258 e. The van der Waals surface area contributed by atoms with Crippen molar-refractivity contribution in [2.45, 2.75) is 13.0 Å². The molecule has 0 spiro atoms. The minimum absolute atomic E-state index is 0.0985. The maximum Gasteiger partial charge on any atom is 0.258 e. The van der Waals surface area contributed by atoms with E-state index in [2.05, 4.69) is 5.32 Å². The molecule has 0 aliphatic carbocycles. The number of carbonyl (C=O) groups is 1. The van der Waals surface area contributed by atoms with E-state index in [0.29, 0.717) is 11.5 Å². The molecule has 1 amide bonds. The molecule has 22 heavy (non-hydrogen) atoms. The highest BCUT2D eigenvalue weighted by Gasteiger charge is 2.10.